The third-order valence-corrected chi connectivity index (χ3v) is 2.68. The topological polar surface area (TPSA) is 75.3 Å². The van der Waals surface area contributed by atoms with Crippen molar-refractivity contribution in [3.63, 3.8) is 0 Å². The lowest BCUT2D eigenvalue weighted by Crippen LogP contribution is -2.37. The largest absolute Gasteiger partial charge is 0.467 e. The average molecular weight is 223 g/mol. The Labute approximate surface area is 92.3 Å². The monoisotopic (exact) mass is 223 g/mol. The van der Waals surface area contributed by atoms with Crippen LogP contribution in [0.15, 0.2) is 17.2 Å². The van der Waals surface area contributed by atoms with Gasteiger partial charge in [-0.25, -0.2) is 9.78 Å². The van der Waals surface area contributed by atoms with Crippen molar-refractivity contribution in [2.45, 2.75) is 18.9 Å². The molecule has 6 nitrogen and oxygen atoms in total. The number of hydrogen-bond donors (Lipinski definition) is 1. The fourth-order valence-electron chi connectivity index (χ4n) is 1.94. The molecule has 2 heterocycles. The van der Waals surface area contributed by atoms with E-state index in [-0.39, 0.29) is 17.6 Å². The number of esters is 1. The number of nitrogens with zero attached hydrogens (tertiary/aromatic N) is 2. The van der Waals surface area contributed by atoms with E-state index in [1.807, 2.05) is 0 Å². The highest BCUT2D eigenvalue weighted by molar-refractivity contribution is 5.80. The minimum absolute atomic E-state index is 0.222. The Balaban J connectivity index is 2.26. The van der Waals surface area contributed by atoms with E-state index in [4.69, 9.17) is 4.74 Å². The molecule has 86 valence electrons. The normalized spacial score (nSPS) is 19.8. The molecule has 0 bridgehead atoms. The van der Waals surface area contributed by atoms with Crippen LogP contribution < -0.4 is 10.5 Å². The second-order valence-electron chi connectivity index (χ2n) is 3.64. The van der Waals surface area contributed by atoms with Gasteiger partial charge in [0.05, 0.1) is 13.4 Å². The van der Waals surface area contributed by atoms with Gasteiger partial charge in [-0.2, -0.15) is 0 Å². The number of carbonyl (C=O) groups excluding carboxylic acids is 1. The number of rotatable bonds is 2. The van der Waals surface area contributed by atoms with Crippen LogP contribution in [0.5, 0.6) is 0 Å². The molecule has 1 aromatic rings. The average Bonchev–Trinajstić information content (AvgIpc) is 2.77. The fourth-order valence-corrected chi connectivity index (χ4v) is 1.94. The maximum absolute atomic E-state index is 11.5. The van der Waals surface area contributed by atoms with E-state index < -0.39 is 0 Å². The van der Waals surface area contributed by atoms with Crippen LogP contribution in [-0.2, 0) is 9.53 Å². The Hall–Kier alpha value is -1.85. The van der Waals surface area contributed by atoms with Gasteiger partial charge >= 0.3 is 5.97 Å². The van der Waals surface area contributed by atoms with Crippen molar-refractivity contribution < 1.29 is 9.53 Å². The first-order valence-electron chi connectivity index (χ1n) is 5.11. The van der Waals surface area contributed by atoms with Crippen molar-refractivity contribution in [1.82, 2.24) is 9.97 Å². The number of aromatic amines is 1. The van der Waals surface area contributed by atoms with Crippen LogP contribution in [0.3, 0.4) is 0 Å². The van der Waals surface area contributed by atoms with Crippen molar-refractivity contribution in [1.29, 1.82) is 0 Å². The molecule has 1 aromatic heterocycles. The standard InChI is InChI=1S/C10H13N3O3/c1-16-10(15)7-3-2-4-13(7)8-5-9(14)12-6-11-8/h5-7H,2-4H2,1H3,(H,11,12,14). The molecule has 1 fully saturated rings. The first-order chi connectivity index (χ1) is 7.72. The summed E-state index contributed by atoms with van der Waals surface area (Å²) < 4.78 is 4.72. The number of H-pyrrole nitrogens is 1. The third kappa shape index (κ3) is 1.91. The molecule has 6 heteroatoms. The van der Waals surface area contributed by atoms with Crippen molar-refractivity contribution in [2.24, 2.45) is 0 Å². The van der Waals surface area contributed by atoms with E-state index in [0.29, 0.717) is 5.82 Å². The van der Waals surface area contributed by atoms with Crippen LogP contribution in [0, 0.1) is 0 Å². The van der Waals surface area contributed by atoms with Gasteiger partial charge in [0.1, 0.15) is 11.9 Å². The Morgan fingerprint density at radius 3 is 3.19 bits per heavy atom. The summed E-state index contributed by atoms with van der Waals surface area (Å²) in [5, 5.41) is 0. The van der Waals surface area contributed by atoms with Gasteiger partial charge in [0.15, 0.2) is 0 Å². The van der Waals surface area contributed by atoms with Gasteiger partial charge in [-0.15, -0.1) is 0 Å². The van der Waals surface area contributed by atoms with Gasteiger partial charge in [-0.3, -0.25) is 4.79 Å². The Kier molecular flexibility index (Phi) is 2.89. The molecule has 1 N–H and O–H groups in total. The predicted octanol–water partition coefficient (Wildman–Crippen LogP) is -0.0883. The van der Waals surface area contributed by atoms with Crippen molar-refractivity contribution in [3.8, 4) is 0 Å². The van der Waals surface area contributed by atoms with Gasteiger partial charge in [-0.1, -0.05) is 0 Å². The molecular weight excluding hydrogens is 210 g/mol. The summed E-state index contributed by atoms with van der Waals surface area (Å²) in [5.74, 6) is 0.247. The van der Waals surface area contributed by atoms with Crippen molar-refractivity contribution >= 4 is 11.8 Å². The molecule has 0 radical (unpaired) electrons. The molecule has 1 unspecified atom stereocenters. The molecule has 2 rings (SSSR count). The number of anilines is 1. The molecule has 1 atom stereocenters. The highest BCUT2D eigenvalue weighted by atomic mass is 16.5. The van der Waals surface area contributed by atoms with Crippen LogP contribution in [-0.4, -0.2) is 35.6 Å². The molecule has 16 heavy (non-hydrogen) atoms. The maximum Gasteiger partial charge on any atom is 0.328 e. The van der Waals surface area contributed by atoms with Crippen LogP contribution in [0.25, 0.3) is 0 Å². The zero-order chi connectivity index (χ0) is 11.5. The molecule has 0 aliphatic carbocycles. The van der Waals surface area contributed by atoms with Crippen molar-refractivity contribution in [3.05, 3.63) is 22.7 Å². The molecule has 1 aliphatic heterocycles. The van der Waals surface area contributed by atoms with Crippen LogP contribution in [0.2, 0.25) is 0 Å². The summed E-state index contributed by atoms with van der Waals surface area (Å²) >= 11 is 0. The lowest BCUT2D eigenvalue weighted by atomic mass is 10.2. The van der Waals surface area contributed by atoms with Gasteiger partial charge < -0.3 is 14.6 Å². The van der Waals surface area contributed by atoms with E-state index in [0.717, 1.165) is 19.4 Å². The van der Waals surface area contributed by atoms with Gasteiger partial charge in [0.2, 0.25) is 0 Å². The van der Waals surface area contributed by atoms with E-state index in [2.05, 4.69) is 9.97 Å². The van der Waals surface area contributed by atoms with Crippen LogP contribution in [0.4, 0.5) is 5.82 Å². The molecule has 0 saturated carbocycles. The molecule has 0 amide bonds. The zero-order valence-corrected chi connectivity index (χ0v) is 8.97. The second kappa shape index (κ2) is 4.34. The smallest absolute Gasteiger partial charge is 0.328 e. The van der Waals surface area contributed by atoms with E-state index >= 15 is 0 Å². The number of ether oxygens (including phenoxy) is 1. The van der Waals surface area contributed by atoms with Crippen LogP contribution in [0.1, 0.15) is 12.8 Å². The Morgan fingerprint density at radius 2 is 2.50 bits per heavy atom. The van der Waals surface area contributed by atoms with Crippen molar-refractivity contribution in [2.75, 3.05) is 18.6 Å². The lowest BCUT2D eigenvalue weighted by Gasteiger charge is -2.22. The number of methoxy groups -OCH3 is 1. The Bertz CT molecular complexity index is 443. The Morgan fingerprint density at radius 1 is 1.69 bits per heavy atom. The number of aromatic nitrogens is 2. The lowest BCUT2D eigenvalue weighted by molar-refractivity contribution is -0.141. The summed E-state index contributed by atoms with van der Waals surface area (Å²) in [6.45, 7) is 0.718. The highest BCUT2D eigenvalue weighted by Gasteiger charge is 2.32. The van der Waals surface area contributed by atoms with E-state index in [1.54, 1.807) is 4.90 Å². The molecular formula is C10H13N3O3. The SMILES string of the molecule is COC(=O)C1CCCN1c1cc(=O)[nH]cn1. The first-order valence-corrected chi connectivity index (χ1v) is 5.11. The third-order valence-electron chi connectivity index (χ3n) is 2.68. The minimum atomic E-state index is -0.320. The quantitative estimate of drug-likeness (QED) is 0.709. The van der Waals surface area contributed by atoms with Gasteiger partial charge in [0, 0.05) is 12.6 Å². The minimum Gasteiger partial charge on any atom is -0.467 e. The molecule has 1 aliphatic rings. The maximum atomic E-state index is 11.5. The summed E-state index contributed by atoms with van der Waals surface area (Å²) in [5.41, 5.74) is -0.222. The predicted molar refractivity (Wildman–Crippen MR) is 57.2 cm³/mol. The number of nitrogens with one attached hydrogen (secondary N) is 1. The fraction of sp³-hybridized carbons (Fsp3) is 0.500. The summed E-state index contributed by atoms with van der Waals surface area (Å²) in [6, 6.07) is 1.07. The molecule has 1 saturated heterocycles. The van der Waals surface area contributed by atoms with E-state index in [1.165, 1.54) is 19.5 Å². The van der Waals surface area contributed by atoms with E-state index in [9.17, 15) is 9.59 Å². The summed E-state index contributed by atoms with van der Waals surface area (Å²) in [7, 11) is 1.37. The number of carbonyl (C=O) groups is 1. The van der Waals surface area contributed by atoms with Gasteiger partial charge in [0.25, 0.3) is 5.56 Å². The van der Waals surface area contributed by atoms with Crippen LogP contribution >= 0.6 is 0 Å². The second-order valence-corrected chi connectivity index (χ2v) is 3.64. The van der Waals surface area contributed by atoms with Gasteiger partial charge in [-0.05, 0) is 12.8 Å². The summed E-state index contributed by atoms with van der Waals surface area (Å²) in [4.78, 5) is 31.0. The first kappa shape index (κ1) is 10.7. The zero-order valence-electron chi connectivity index (χ0n) is 8.97. The molecule has 0 spiro atoms. The number of hydrogen-bond acceptors (Lipinski definition) is 5. The highest BCUT2D eigenvalue weighted by Crippen LogP contribution is 2.23. The summed E-state index contributed by atoms with van der Waals surface area (Å²) in [6.07, 6.45) is 2.97. The molecule has 0 aromatic carbocycles.